The first kappa shape index (κ1) is 22.7. The van der Waals surface area contributed by atoms with Crippen LogP contribution in [0.3, 0.4) is 0 Å². The van der Waals surface area contributed by atoms with E-state index in [1.807, 2.05) is 0 Å². The second-order valence-corrected chi connectivity index (χ2v) is 8.31. The number of carbonyl (C=O) groups is 2. The summed E-state index contributed by atoms with van der Waals surface area (Å²) in [6.45, 7) is 8.24. The number of nitro benzene ring substituents is 1. The van der Waals surface area contributed by atoms with Gasteiger partial charge in [-0.1, -0.05) is 37.6 Å². The second-order valence-electron chi connectivity index (χ2n) is 7.91. The number of benzene rings is 2. The van der Waals surface area contributed by atoms with E-state index in [-0.39, 0.29) is 22.2 Å². The monoisotopic (exact) mass is 444 g/mol. The van der Waals surface area contributed by atoms with Crippen molar-refractivity contribution in [3.05, 3.63) is 68.7 Å². The number of carbonyl (C=O) groups excluding carboxylic acids is 2. The predicted octanol–water partition coefficient (Wildman–Crippen LogP) is 3.91. The molecule has 1 aliphatic rings. The number of nitrogens with zero attached hydrogens (tertiary/aromatic N) is 3. The molecule has 0 radical (unpaired) electrons. The summed E-state index contributed by atoms with van der Waals surface area (Å²) in [5.41, 5.74) is 0.660. The SMILES string of the molecule is CC(C)CN1CCN(C(=O)c2ccccc2NC(=O)c2ccc([N+](=O)[O-])cc2Cl)CC1. The van der Waals surface area contributed by atoms with E-state index < -0.39 is 10.8 Å². The molecule has 1 heterocycles. The third-order valence-corrected chi connectivity index (χ3v) is 5.41. The van der Waals surface area contributed by atoms with Crippen LogP contribution in [0.1, 0.15) is 34.6 Å². The number of non-ortho nitro benzene ring substituents is 1. The fourth-order valence-corrected chi connectivity index (χ4v) is 3.85. The molecule has 9 heteroatoms. The van der Waals surface area contributed by atoms with E-state index >= 15 is 0 Å². The van der Waals surface area contributed by atoms with Gasteiger partial charge >= 0.3 is 0 Å². The van der Waals surface area contributed by atoms with Crippen LogP contribution in [-0.4, -0.2) is 59.3 Å². The number of nitro groups is 1. The number of hydrogen-bond donors (Lipinski definition) is 1. The van der Waals surface area contributed by atoms with Crippen LogP contribution in [0.2, 0.25) is 5.02 Å². The van der Waals surface area contributed by atoms with Gasteiger partial charge in [0.2, 0.25) is 0 Å². The average molecular weight is 445 g/mol. The Labute approximate surface area is 185 Å². The number of halogens is 1. The van der Waals surface area contributed by atoms with Gasteiger partial charge in [-0.25, -0.2) is 0 Å². The standard InChI is InChI=1S/C22H25ClN4O4/c1-15(2)14-25-9-11-26(12-10-25)22(29)18-5-3-4-6-20(18)24-21(28)17-8-7-16(27(30)31)13-19(17)23/h3-8,13,15H,9-12,14H2,1-2H3,(H,24,28). The van der Waals surface area contributed by atoms with Crippen molar-refractivity contribution in [3.8, 4) is 0 Å². The second kappa shape index (κ2) is 9.89. The molecule has 0 aliphatic carbocycles. The summed E-state index contributed by atoms with van der Waals surface area (Å²) in [6.07, 6.45) is 0. The van der Waals surface area contributed by atoms with Crippen LogP contribution in [0.5, 0.6) is 0 Å². The number of hydrogen-bond acceptors (Lipinski definition) is 5. The van der Waals surface area contributed by atoms with Gasteiger partial charge in [0.25, 0.3) is 17.5 Å². The highest BCUT2D eigenvalue weighted by atomic mass is 35.5. The van der Waals surface area contributed by atoms with E-state index in [9.17, 15) is 19.7 Å². The molecule has 2 amide bonds. The molecule has 2 aromatic carbocycles. The number of anilines is 1. The van der Waals surface area contributed by atoms with Gasteiger partial charge in [-0.15, -0.1) is 0 Å². The fraction of sp³-hybridized carbons (Fsp3) is 0.364. The molecule has 164 valence electrons. The van der Waals surface area contributed by atoms with Crippen LogP contribution in [0.25, 0.3) is 0 Å². The molecular weight excluding hydrogens is 420 g/mol. The van der Waals surface area contributed by atoms with Crippen LogP contribution < -0.4 is 5.32 Å². The van der Waals surface area contributed by atoms with Crippen molar-refractivity contribution in [3.63, 3.8) is 0 Å². The lowest BCUT2D eigenvalue weighted by molar-refractivity contribution is -0.384. The van der Waals surface area contributed by atoms with Crippen LogP contribution in [0.15, 0.2) is 42.5 Å². The van der Waals surface area contributed by atoms with Gasteiger partial charge in [0.15, 0.2) is 0 Å². The first-order valence-corrected chi connectivity index (χ1v) is 10.5. The maximum atomic E-state index is 13.1. The van der Waals surface area contributed by atoms with Crippen molar-refractivity contribution in [2.24, 2.45) is 5.92 Å². The molecule has 8 nitrogen and oxygen atoms in total. The van der Waals surface area contributed by atoms with Gasteiger partial charge in [-0.05, 0) is 24.1 Å². The lowest BCUT2D eigenvalue weighted by atomic mass is 10.1. The Morgan fingerprint density at radius 1 is 1.10 bits per heavy atom. The normalized spacial score (nSPS) is 14.5. The molecule has 1 N–H and O–H groups in total. The summed E-state index contributed by atoms with van der Waals surface area (Å²) in [6, 6.07) is 10.4. The van der Waals surface area contributed by atoms with Gasteiger partial charge in [0.1, 0.15) is 0 Å². The molecule has 0 spiro atoms. The maximum absolute atomic E-state index is 13.1. The maximum Gasteiger partial charge on any atom is 0.270 e. The first-order valence-electron chi connectivity index (χ1n) is 10.1. The minimum Gasteiger partial charge on any atom is -0.336 e. The summed E-state index contributed by atoms with van der Waals surface area (Å²) >= 11 is 6.06. The summed E-state index contributed by atoms with van der Waals surface area (Å²) < 4.78 is 0. The Morgan fingerprint density at radius 2 is 1.77 bits per heavy atom. The van der Waals surface area contributed by atoms with E-state index in [0.717, 1.165) is 25.7 Å². The molecule has 1 aliphatic heterocycles. The molecule has 3 rings (SSSR count). The number of nitrogens with one attached hydrogen (secondary N) is 1. The number of rotatable bonds is 6. The smallest absolute Gasteiger partial charge is 0.270 e. The Bertz CT molecular complexity index is 987. The summed E-state index contributed by atoms with van der Waals surface area (Å²) in [4.78, 5) is 40.3. The highest BCUT2D eigenvalue weighted by Crippen LogP contribution is 2.25. The number of amides is 2. The number of para-hydroxylation sites is 1. The van der Waals surface area contributed by atoms with E-state index in [4.69, 9.17) is 11.6 Å². The molecule has 2 aromatic rings. The van der Waals surface area contributed by atoms with E-state index in [1.54, 1.807) is 29.2 Å². The topological polar surface area (TPSA) is 95.8 Å². The minimum atomic E-state index is -0.581. The molecule has 1 fully saturated rings. The minimum absolute atomic E-state index is 0.0308. The van der Waals surface area contributed by atoms with Crippen LogP contribution in [-0.2, 0) is 0 Å². The van der Waals surface area contributed by atoms with Gasteiger partial charge in [-0.3, -0.25) is 24.6 Å². The number of piperazine rings is 1. The molecule has 0 aromatic heterocycles. The van der Waals surface area contributed by atoms with Crippen molar-refractivity contribution in [1.29, 1.82) is 0 Å². The molecule has 1 saturated heterocycles. The van der Waals surface area contributed by atoms with Gasteiger partial charge in [-0.2, -0.15) is 0 Å². The Balaban J connectivity index is 1.73. The Hall–Kier alpha value is -2.97. The van der Waals surface area contributed by atoms with Crippen molar-refractivity contribution < 1.29 is 14.5 Å². The lowest BCUT2D eigenvalue weighted by Gasteiger charge is -2.35. The molecule has 0 bridgehead atoms. The lowest BCUT2D eigenvalue weighted by Crippen LogP contribution is -2.49. The van der Waals surface area contributed by atoms with E-state index in [0.29, 0.717) is 30.3 Å². The zero-order valence-corrected chi connectivity index (χ0v) is 18.3. The van der Waals surface area contributed by atoms with Gasteiger partial charge in [0, 0.05) is 44.9 Å². The molecule has 0 saturated carbocycles. The summed E-state index contributed by atoms with van der Waals surface area (Å²) in [7, 11) is 0. The van der Waals surface area contributed by atoms with Crippen molar-refractivity contribution >= 4 is 34.8 Å². The molecular formula is C22H25ClN4O4. The molecule has 31 heavy (non-hydrogen) atoms. The van der Waals surface area contributed by atoms with Crippen LogP contribution >= 0.6 is 11.6 Å². The van der Waals surface area contributed by atoms with E-state index in [2.05, 4.69) is 24.1 Å². The molecule has 0 unspecified atom stereocenters. The van der Waals surface area contributed by atoms with E-state index in [1.165, 1.54) is 12.1 Å². The average Bonchev–Trinajstić information content (AvgIpc) is 2.73. The van der Waals surface area contributed by atoms with Crippen LogP contribution in [0, 0.1) is 16.0 Å². The zero-order valence-electron chi connectivity index (χ0n) is 17.5. The van der Waals surface area contributed by atoms with Crippen molar-refractivity contribution in [2.75, 3.05) is 38.0 Å². The highest BCUT2D eigenvalue weighted by Gasteiger charge is 2.25. The Kier molecular flexibility index (Phi) is 7.25. The van der Waals surface area contributed by atoms with Crippen molar-refractivity contribution in [2.45, 2.75) is 13.8 Å². The summed E-state index contributed by atoms with van der Waals surface area (Å²) in [5.74, 6) is -0.110. The van der Waals surface area contributed by atoms with Gasteiger partial charge < -0.3 is 10.2 Å². The predicted molar refractivity (Wildman–Crippen MR) is 120 cm³/mol. The third-order valence-electron chi connectivity index (χ3n) is 5.10. The highest BCUT2D eigenvalue weighted by molar-refractivity contribution is 6.34. The van der Waals surface area contributed by atoms with Gasteiger partial charge in [0.05, 0.1) is 26.8 Å². The largest absolute Gasteiger partial charge is 0.336 e. The van der Waals surface area contributed by atoms with Crippen molar-refractivity contribution in [1.82, 2.24) is 9.80 Å². The summed E-state index contributed by atoms with van der Waals surface area (Å²) in [5, 5.41) is 13.6. The van der Waals surface area contributed by atoms with Crippen LogP contribution in [0.4, 0.5) is 11.4 Å². The Morgan fingerprint density at radius 3 is 2.39 bits per heavy atom. The molecule has 0 atom stereocenters. The quantitative estimate of drug-likeness (QED) is 0.538. The first-order chi connectivity index (χ1) is 14.8. The third kappa shape index (κ3) is 5.59. The zero-order chi connectivity index (χ0) is 22.5. The fourth-order valence-electron chi connectivity index (χ4n) is 3.59.